The number of cyclic esters (lactones) is 1. The van der Waals surface area contributed by atoms with Crippen LogP contribution in [0.2, 0.25) is 0 Å². The number of allylic oxidation sites excluding steroid dienone is 2. The van der Waals surface area contributed by atoms with Gasteiger partial charge in [0.1, 0.15) is 23.9 Å². The molecule has 1 saturated heterocycles. The number of ether oxygens (including phenoxy) is 4. The van der Waals surface area contributed by atoms with Gasteiger partial charge in [-0.3, -0.25) is 14.4 Å². The first-order chi connectivity index (χ1) is 23.5. The van der Waals surface area contributed by atoms with Crippen molar-refractivity contribution < 1.29 is 53.8 Å². The number of carbonyl (C=O) groups excluding carboxylic acids is 2. The van der Waals surface area contributed by atoms with Crippen molar-refractivity contribution in [2.24, 2.45) is 11.8 Å². The van der Waals surface area contributed by atoms with Gasteiger partial charge in [0, 0.05) is 31.9 Å². The van der Waals surface area contributed by atoms with Gasteiger partial charge in [-0.05, 0) is 64.5 Å². The molecule has 0 aromatic rings. The Hall–Kier alpha value is -2.61. The minimum atomic E-state index is -1.44. The van der Waals surface area contributed by atoms with Crippen LogP contribution in [0.4, 0.5) is 0 Å². The predicted molar refractivity (Wildman–Crippen MR) is 189 cm³/mol. The van der Waals surface area contributed by atoms with Gasteiger partial charge < -0.3 is 44.7 Å². The number of methoxy groups -OCH3 is 1. The zero-order chi connectivity index (χ0) is 37.6. The number of aliphatic hydroxyl groups is 3. The molecule has 0 spiro atoms. The molecule has 50 heavy (non-hydrogen) atoms. The zero-order valence-electron chi connectivity index (χ0n) is 31.2. The lowest BCUT2D eigenvalue weighted by Crippen LogP contribution is -2.55. The molecular formula is C38H63NO11. The lowest BCUT2D eigenvalue weighted by Gasteiger charge is -2.35. The van der Waals surface area contributed by atoms with Gasteiger partial charge in [0.15, 0.2) is 0 Å². The standard InChI is InChI=1S/C37H61NO9.CH2O2/c1-9-29(44-8)25(4)33-34(47-33)35(38-27-15-11-10-12-16-27)37(7,43)20-13-14-23(2)32-24(3)17-18-30(45-26(5)39)36(6,42)21-19-28(40)22-31(41)46-32;2-1-3/h13-14,17-18,20,24-25,27-30,32-35,38,40,42-43H,9-12,15-16,19,21-22H2,1-8H3;1H,(H,2,3)/b18-17+,20-13+,23-14+;/t24-,25+,28+,29-,30-,32-,33+,34-,35?,36+,37?;/m0./s1. The maximum Gasteiger partial charge on any atom is 0.309 e. The van der Waals surface area contributed by atoms with Gasteiger partial charge in [-0.1, -0.05) is 64.3 Å². The first-order valence-electron chi connectivity index (χ1n) is 18.1. The van der Waals surface area contributed by atoms with E-state index in [4.69, 9.17) is 28.8 Å². The number of epoxide rings is 1. The molecule has 3 rings (SSSR count). The molecule has 12 heteroatoms. The number of nitrogens with one attached hydrogen (secondary N) is 1. The Morgan fingerprint density at radius 3 is 2.40 bits per heavy atom. The fourth-order valence-electron chi connectivity index (χ4n) is 7.13. The maximum atomic E-state index is 12.9. The van der Waals surface area contributed by atoms with E-state index in [1.54, 1.807) is 45.3 Å². The lowest BCUT2D eigenvalue weighted by molar-refractivity contribution is -0.157. The molecule has 2 unspecified atom stereocenters. The second-order valence-corrected chi connectivity index (χ2v) is 14.6. The van der Waals surface area contributed by atoms with Crippen LogP contribution in [-0.4, -0.2) is 106 Å². The fourth-order valence-corrected chi connectivity index (χ4v) is 7.13. The van der Waals surface area contributed by atoms with Crippen LogP contribution in [0.5, 0.6) is 0 Å². The molecule has 5 N–H and O–H groups in total. The Bertz CT molecular complexity index is 1160. The Morgan fingerprint density at radius 1 is 1.18 bits per heavy atom. The van der Waals surface area contributed by atoms with E-state index in [0.29, 0.717) is 6.04 Å². The van der Waals surface area contributed by atoms with E-state index in [1.165, 1.54) is 26.2 Å². The van der Waals surface area contributed by atoms with Crippen molar-refractivity contribution in [3.05, 3.63) is 36.0 Å². The summed E-state index contributed by atoms with van der Waals surface area (Å²) in [6.45, 7) is 12.3. The van der Waals surface area contributed by atoms with Crippen LogP contribution in [0.1, 0.15) is 106 Å². The smallest absolute Gasteiger partial charge is 0.309 e. The molecule has 11 atom stereocenters. The molecule has 2 aliphatic heterocycles. The SMILES string of the molecule is CC[C@H](OC)[C@@H](C)[C@H]1O[C@@H]1C(NC1CCCCC1)C(C)(O)/C=C/C=C(\C)[C@@H]1OC(=O)C[C@H](O)CC[C@@](C)(O)[C@@H](OC(C)=O)/C=C/[C@@H]1C.O=CO. The predicted octanol–water partition coefficient (Wildman–Crippen LogP) is 4.39. The van der Waals surface area contributed by atoms with Gasteiger partial charge in [0.05, 0.1) is 36.4 Å². The van der Waals surface area contributed by atoms with E-state index >= 15 is 0 Å². The summed E-state index contributed by atoms with van der Waals surface area (Å²) in [6, 6.07) is -0.0171. The molecule has 0 radical (unpaired) electrons. The second-order valence-electron chi connectivity index (χ2n) is 14.6. The summed E-state index contributed by atoms with van der Waals surface area (Å²) in [5, 5.41) is 44.1. The van der Waals surface area contributed by atoms with Crippen LogP contribution in [0.3, 0.4) is 0 Å². The van der Waals surface area contributed by atoms with Crippen molar-refractivity contribution in [3.8, 4) is 0 Å². The second kappa shape index (κ2) is 20.4. The minimum Gasteiger partial charge on any atom is -0.483 e. The number of hydrogen-bond acceptors (Lipinski definition) is 11. The van der Waals surface area contributed by atoms with Gasteiger partial charge >= 0.3 is 11.9 Å². The molecule has 12 nitrogen and oxygen atoms in total. The Morgan fingerprint density at radius 2 is 1.82 bits per heavy atom. The van der Waals surface area contributed by atoms with Crippen LogP contribution in [-0.2, 0) is 33.3 Å². The molecule has 3 aliphatic rings. The van der Waals surface area contributed by atoms with Crippen molar-refractivity contribution in [2.45, 2.75) is 166 Å². The molecule has 1 aliphatic carbocycles. The zero-order valence-corrected chi connectivity index (χ0v) is 31.2. The summed E-state index contributed by atoms with van der Waals surface area (Å²) in [5.74, 6) is -1.26. The third-order valence-electron chi connectivity index (χ3n) is 10.2. The summed E-state index contributed by atoms with van der Waals surface area (Å²) >= 11 is 0. The van der Waals surface area contributed by atoms with E-state index < -0.39 is 41.5 Å². The largest absolute Gasteiger partial charge is 0.483 e. The maximum absolute atomic E-state index is 12.9. The monoisotopic (exact) mass is 709 g/mol. The molecule has 2 heterocycles. The van der Waals surface area contributed by atoms with Crippen molar-refractivity contribution in [1.82, 2.24) is 5.32 Å². The number of rotatable bonds is 12. The average molecular weight is 710 g/mol. The fraction of sp³-hybridized carbons (Fsp3) is 0.763. The summed E-state index contributed by atoms with van der Waals surface area (Å²) in [7, 11) is 1.73. The van der Waals surface area contributed by atoms with Gasteiger partial charge in [-0.15, -0.1) is 0 Å². The summed E-state index contributed by atoms with van der Waals surface area (Å²) in [5.41, 5.74) is -1.96. The average Bonchev–Trinajstić information content (AvgIpc) is 3.84. The van der Waals surface area contributed by atoms with E-state index in [-0.39, 0.29) is 61.9 Å². The van der Waals surface area contributed by atoms with Crippen molar-refractivity contribution in [2.75, 3.05) is 7.11 Å². The number of hydrogen-bond donors (Lipinski definition) is 5. The molecule has 1 saturated carbocycles. The Kier molecular flexibility index (Phi) is 17.8. The van der Waals surface area contributed by atoms with Gasteiger partial charge in [0.25, 0.3) is 6.47 Å². The first kappa shape index (κ1) is 43.6. The highest BCUT2D eigenvalue weighted by atomic mass is 16.6. The van der Waals surface area contributed by atoms with E-state index in [1.807, 2.05) is 19.9 Å². The molecule has 2 fully saturated rings. The first-order valence-corrected chi connectivity index (χ1v) is 18.1. The quantitative estimate of drug-likeness (QED) is 0.0634. The Labute approximate surface area is 298 Å². The highest BCUT2D eigenvalue weighted by molar-refractivity contribution is 5.70. The third kappa shape index (κ3) is 13.5. The third-order valence-corrected chi connectivity index (χ3v) is 10.2. The highest BCUT2D eigenvalue weighted by Crippen LogP contribution is 2.39. The minimum absolute atomic E-state index is 0.0200. The molecule has 286 valence electrons. The number of esters is 2. The normalized spacial score (nSPS) is 33.6. The summed E-state index contributed by atoms with van der Waals surface area (Å²) in [4.78, 5) is 33.0. The van der Waals surface area contributed by atoms with Crippen molar-refractivity contribution in [3.63, 3.8) is 0 Å². The van der Waals surface area contributed by atoms with Gasteiger partial charge in [0.2, 0.25) is 0 Å². The van der Waals surface area contributed by atoms with Crippen molar-refractivity contribution in [1.29, 1.82) is 0 Å². The summed E-state index contributed by atoms with van der Waals surface area (Å²) in [6.07, 6.45) is 12.6. The van der Waals surface area contributed by atoms with Crippen molar-refractivity contribution >= 4 is 18.4 Å². The topological polar surface area (TPSA) is 184 Å². The van der Waals surface area contributed by atoms with Crippen LogP contribution in [0.25, 0.3) is 0 Å². The summed E-state index contributed by atoms with van der Waals surface area (Å²) < 4.78 is 23.2. The lowest BCUT2D eigenvalue weighted by atomic mass is 9.85. The van der Waals surface area contributed by atoms with Gasteiger partial charge in [-0.25, -0.2) is 0 Å². The number of carboxylic acid groups (broad SMARTS) is 1. The van der Waals surface area contributed by atoms with Crippen LogP contribution < -0.4 is 5.32 Å². The number of carbonyl (C=O) groups is 3. The molecule has 0 amide bonds. The van der Waals surface area contributed by atoms with Gasteiger partial charge in [-0.2, -0.15) is 0 Å². The van der Waals surface area contributed by atoms with E-state index in [2.05, 4.69) is 19.2 Å². The molecular weight excluding hydrogens is 646 g/mol. The van der Waals surface area contributed by atoms with E-state index in [9.17, 15) is 24.9 Å². The highest BCUT2D eigenvalue weighted by Gasteiger charge is 2.54. The molecule has 0 aromatic carbocycles. The van der Waals surface area contributed by atoms with E-state index in [0.717, 1.165) is 24.8 Å². The van der Waals surface area contributed by atoms with Crippen LogP contribution >= 0.6 is 0 Å². The molecule has 0 bridgehead atoms. The van der Waals surface area contributed by atoms with Crippen LogP contribution in [0, 0.1) is 11.8 Å². The number of aliphatic hydroxyl groups excluding tert-OH is 1. The molecule has 0 aromatic heterocycles. The van der Waals surface area contributed by atoms with Crippen LogP contribution in [0.15, 0.2) is 36.0 Å². The Balaban J connectivity index is 0.00000278.